The van der Waals surface area contributed by atoms with E-state index in [9.17, 15) is 5.26 Å². The lowest BCUT2D eigenvalue weighted by atomic mass is 9.95. The van der Waals surface area contributed by atoms with Gasteiger partial charge in [-0.3, -0.25) is 0 Å². The van der Waals surface area contributed by atoms with E-state index in [1.807, 2.05) is 61.5 Å². The average Bonchev–Trinajstić information content (AvgIpc) is 2.73. The van der Waals surface area contributed by atoms with Gasteiger partial charge in [-0.05, 0) is 36.6 Å². The number of allylic oxidation sites excluding steroid dienone is 1. The fraction of sp³-hybridized carbons (Fsp3) is 0.360. The van der Waals surface area contributed by atoms with Crippen molar-refractivity contribution in [3.63, 3.8) is 0 Å². The van der Waals surface area contributed by atoms with Crippen molar-refractivity contribution in [3.8, 4) is 11.8 Å². The molecule has 0 atom stereocenters. The highest BCUT2D eigenvalue weighted by Gasteiger charge is 2.12. The van der Waals surface area contributed by atoms with Crippen molar-refractivity contribution < 1.29 is 4.74 Å². The minimum absolute atomic E-state index is 0.101. The Morgan fingerprint density at radius 1 is 0.929 bits per heavy atom. The summed E-state index contributed by atoms with van der Waals surface area (Å²) in [6.45, 7) is 12.3. The topological polar surface area (TPSA) is 37.4 Å². The van der Waals surface area contributed by atoms with Crippen LogP contribution in [0.4, 0.5) is 0 Å². The van der Waals surface area contributed by atoms with E-state index in [4.69, 9.17) is 11.3 Å². The summed E-state index contributed by atoms with van der Waals surface area (Å²) in [5.41, 5.74) is 3.63. The van der Waals surface area contributed by atoms with Crippen LogP contribution >= 0.6 is 0 Å². The van der Waals surface area contributed by atoms with Gasteiger partial charge in [0.15, 0.2) is 0 Å². The van der Waals surface area contributed by atoms with Gasteiger partial charge in [0.05, 0.1) is 19.2 Å². The van der Waals surface area contributed by atoms with Crippen LogP contribution in [0.2, 0.25) is 0 Å². The van der Waals surface area contributed by atoms with Gasteiger partial charge in [-0.1, -0.05) is 81.0 Å². The van der Waals surface area contributed by atoms with Crippen LogP contribution in [-0.2, 0) is 0 Å². The van der Waals surface area contributed by atoms with Crippen LogP contribution < -0.4 is 4.74 Å². The highest BCUT2D eigenvalue weighted by molar-refractivity contribution is 5.85. The molecule has 0 amide bonds. The Bertz CT molecular complexity index is 833. The Hall–Kier alpha value is -3.04. The number of nitriles is 1. The van der Waals surface area contributed by atoms with E-state index < -0.39 is 0 Å². The summed E-state index contributed by atoms with van der Waals surface area (Å²) in [6, 6.07) is 17.6. The Morgan fingerprint density at radius 2 is 1.50 bits per heavy atom. The Morgan fingerprint density at radius 3 is 2.07 bits per heavy atom. The number of hydrogen-bond donors (Lipinski definition) is 0. The van der Waals surface area contributed by atoms with Gasteiger partial charge in [-0.25, -0.2) is 10.1 Å². The third-order valence-corrected chi connectivity index (χ3v) is 4.70. The molecule has 2 aromatic carbocycles. The van der Waals surface area contributed by atoms with Crippen molar-refractivity contribution in [3.05, 3.63) is 82.3 Å². The molecule has 0 aliphatic rings. The lowest BCUT2D eigenvalue weighted by Gasteiger charge is -2.11. The fourth-order valence-electron chi connectivity index (χ4n) is 3.09. The molecule has 0 aromatic heterocycles. The molecule has 0 fully saturated rings. The summed E-state index contributed by atoms with van der Waals surface area (Å²) in [7, 11) is 0. The molecule has 0 saturated heterocycles. The summed E-state index contributed by atoms with van der Waals surface area (Å²) in [5.74, 6) is 0.821. The second kappa shape index (κ2) is 11.6. The van der Waals surface area contributed by atoms with Crippen LogP contribution in [0.1, 0.15) is 62.1 Å². The van der Waals surface area contributed by atoms with E-state index in [2.05, 4.69) is 11.8 Å². The van der Waals surface area contributed by atoms with Gasteiger partial charge in [-0.15, -0.1) is 0 Å². The monoisotopic (exact) mass is 372 g/mol. The van der Waals surface area contributed by atoms with Crippen molar-refractivity contribution >= 4 is 5.57 Å². The van der Waals surface area contributed by atoms with E-state index in [1.54, 1.807) is 0 Å². The van der Waals surface area contributed by atoms with Gasteiger partial charge >= 0.3 is 0 Å². The van der Waals surface area contributed by atoms with E-state index in [0.717, 1.165) is 35.5 Å². The molecule has 28 heavy (non-hydrogen) atoms. The van der Waals surface area contributed by atoms with Gasteiger partial charge in [0.1, 0.15) is 5.75 Å². The van der Waals surface area contributed by atoms with Gasteiger partial charge in [-0.2, -0.15) is 0 Å². The molecular weight excluding hydrogens is 344 g/mol. The van der Waals surface area contributed by atoms with Crippen molar-refractivity contribution in [2.75, 3.05) is 6.61 Å². The third kappa shape index (κ3) is 6.29. The summed E-state index contributed by atoms with van der Waals surface area (Å²) >= 11 is 0. The predicted molar refractivity (Wildman–Crippen MR) is 115 cm³/mol. The Labute approximate surface area is 169 Å². The molecule has 0 aliphatic heterocycles. The maximum atomic E-state index is 9.40. The molecule has 0 unspecified atom stereocenters. The van der Waals surface area contributed by atoms with Gasteiger partial charge in [0, 0.05) is 5.57 Å². The Kier molecular flexibility index (Phi) is 8.83. The molecule has 0 saturated carbocycles. The predicted octanol–water partition coefficient (Wildman–Crippen LogP) is 6.94. The average molecular weight is 373 g/mol. The lowest BCUT2D eigenvalue weighted by molar-refractivity contribution is 0.304. The zero-order valence-corrected chi connectivity index (χ0v) is 16.9. The SMILES string of the molecule is [C-]#[N+]/C(C#N)=C(\c1ccc(C)cc1)c1ccc(OCCCCCCCC)cc1. The molecule has 2 rings (SSSR count). The van der Waals surface area contributed by atoms with Crippen molar-refractivity contribution in [2.45, 2.75) is 52.4 Å². The first-order chi connectivity index (χ1) is 13.7. The maximum absolute atomic E-state index is 9.40. The number of ether oxygens (including phenoxy) is 1. The number of hydrogen-bond acceptors (Lipinski definition) is 2. The second-order valence-electron chi connectivity index (χ2n) is 6.95. The van der Waals surface area contributed by atoms with Crippen molar-refractivity contribution in [2.24, 2.45) is 0 Å². The normalized spacial score (nSPS) is 11.3. The second-order valence-corrected chi connectivity index (χ2v) is 6.95. The Balaban J connectivity index is 2.06. The molecule has 0 N–H and O–H groups in total. The third-order valence-electron chi connectivity index (χ3n) is 4.70. The standard InChI is InChI=1S/C25H28N2O/c1-4-5-6-7-8-9-18-28-23-16-14-22(15-17-23)25(24(19-26)27-3)21-12-10-20(2)11-13-21/h10-17H,4-9,18H2,1-2H3/b25-24+. The molecule has 2 aromatic rings. The van der Waals surface area contributed by atoms with Gasteiger partial charge in [0.25, 0.3) is 5.70 Å². The summed E-state index contributed by atoms with van der Waals surface area (Å²) in [6.07, 6.45) is 7.43. The first-order valence-electron chi connectivity index (χ1n) is 10.0. The molecule has 0 spiro atoms. The summed E-state index contributed by atoms with van der Waals surface area (Å²) in [4.78, 5) is 3.43. The van der Waals surface area contributed by atoms with Crippen LogP contribution in [0.5, 0.6) is 5.75 Å². The van der Waals surface area contributed by atoms with Crippen LogP contribution in [-0.4, -0.2) is 6.61 Å². The number of aryl methyl sites for hydroxylation is 1. The molecule has 0 radical (unpaired) electrons. The minimum Gasteiger partial charge on any atom is -0.494 e. The number of rotatable bonds is 10. The molecule has 0 heterocycles. The quantitative estimate of drug-likeness (QED) is 0.257. The van der Waals surface area contributed by atoms with Gasteiger partial charge < -0.3 is 4.74 Å². The zero-order chi connectivity index (χ0) is 20.2. The van der Waals surface area contributed by atoms with Crippen LogP contribution in [0.3, 0.4) is 0 Å². The molecule has 0 bridgehead atoms. The minimum atomic E-state index is 0.101. The molecule has 144 valence electrons. The number of unbranched alkanes of at least 4 members (excludes halogenated alkanes) is 5. The number of nitrogens with zero attached hydrogens (tertiary/aromatic N) is 2. The highest BCUT2D eigenvalue weighted by Crippen LogP contribution is 2.29. The van der Waals surface area contributed by atoms with E-state index >= 15 is 0 Å². The van der Waals surface area contributed by atoms with Gasteiger partial charge in [0.2, 0.25) is 0 Å². The molecule has 3 nitrogen and oxygen atoms in total. The summed E-state index contributed by atoms with van der Waals surface area (Å²) in [5, 5.41) is 9.40. The van der Waals surface area contributed by atoms with E-state index in [0.29, 0.717) is 5.57 Å². The zero-order valence-electron chi connectivity index (χ0n) is 16.9. The summed E-state index contributed by atoms with van der Waals surface area (Å²) < 4.78 is 5.84. The smallest absolute Gasteiger partial charge is 0.270 e. The lowest BCUT2D eigenvalue weighted by Crippen LogP contribution is -1.98. The van der Waals surface area contributed by atoms with Crippen LogP contribution in [0, 0.1) is 24.8 Å². The first-order valence-corrected chi connectivity index (χ1v) is 10.0. The van der Waals surface area contributed by atoms with E-state index in [-0.39, 0.29) is 5.70 Å². The fourth-order valence-corrected chi connectivity index (χ4v) is 3.09. The molecule has 0 aliphatic carbocycles. The van der Waals surface area contributed by atoms with Crippen molar-refractivity contribution in [1.29, 1.82) is 5.26 Å². The first kappa shape index (κ1) is 21.3. The van der Waals surface area contributed by atoms with Crippen LogP contribution in [0.25, 0.3) is 10.4 Å². The van der Waals surface area contributed by atoms with Crippen molar-refractivity contribution in [1.82, 2.24) is 0 Å². The van der Waals surface area contributed by atoms with Crippen LogP contribution in [0.15, 0.2) is 54.2 Å². The highest BCUT2D eigenvalue weighted by atomic mass is 16.5. The number of benzene rings is 2. The van der Waals surface area contributed by atoms with E-state index in [1.165, 1.54) is 32.1 Å². The molecular formula is C25H28N2O. The maximum Gasteiger partial charge on any atom is 0.270 e. The molecule has 3 heteroatoms. The largest absolute Gasteiger partial charge is 0.494 e.